The SMILES string of the molecule is O=C(OCc1ccc([N+](=O)[O-])cc1)[C@@H]1C[C@@H]2CCCC[C@@H]2N1. The lowest BCUT2D eigenvalue weighted by atomic mass is 9.85. The fraction of sp³-hybridized carbons (Fsp3) is 0.562. The predicted molar refractivity (Wildman–Crippen MR) is 80.2 cm³/mol. The van der Waals surface area contributed by atoms with Gasteiger partial charge in [0.05, 0.1) is 4.92 Å². The van der Waals surface area contributed by atoms with E-state index in [1.165, 1.54) is 31.4 Å². The van der Waals surface area contributed by atoms with Gasteiger partial charge in [0.15, 0.2) is 0 Å². The smallest absolute Gasteiger partial charge is 0.323 e. The Morgan fingerprint density at radius 1 is 1.27 bits per heavy atom. The number of ether oxygens (including phenoxy) is 1. The first-order chi connectivity index (χ1) is 10.6. The van der Waals surface area contributed by atoms with E-state index in [1.807, 2.05) is 0 Å². The minimum atomic E-state index is -0.444. The first-order valence-corrected chi connectivity index (χ1v) is 7.79. The summed E-state index contributed by atoms with van der Waals surface area (Å²) in [4.78, 5) is 22.3. The molecule has 22 heavy (non-hydrogen) atoms. The van der Waals surface area contributed by atoms with Gasteiger partial charge in [-0.3, -0.25) is 14.9 Å². The molecule has 6 nitrogen and oxygen atoms in total. The van der Waals surface area contributed by atoms with Gasteiger partial charge in [-0.1, -0.05) is 12.8 Å². The number of carbonyl (C=O) groups is 1. The Kier molecular flexibility index (Phi) is 4.38. The summed E-state index contributed by atoms with van der Waals surface area (Å²) < 4.78 is 5.35. The lowest BCUT2D eigenvalue weighted by Crippen LogP contribution is -2.37. The molecule has 118 valence electrons. The van der Waals surface area contributed by atoms with E-state index in [4.69, 9.17) is 4.74 Å². The Bertz CT molecular complexity index is 544. The Morgan fingerprint density at radius 2 is 2.00 bits per heavy atom. The normalized spacial score (nSPS) is 27.2. The Labute approximate surface area is 129 Å². The summed E-state index contributed by atoms with van der Waals surface area (Å²) in [5.41, 5.74) is 0.797. The van der Waals surface area contributed by atoms with Gasteiger partial charge in [0.2, 0.25) is 0 Å². The van der Waals surface area contributed by atoms with Crippen molar-refractivity contribution in [3.05, 3.63) is 39.9 Å². The van der Waals surface area contributed by atoms with Gasteiger partial charge in [0.1, 0.15) is 12.6 Å². The van der Waals surface area contributed by atoms with E-state index < -0.39 is 4.92 Å². The maximum atomic E-state index is 12.1. The highest BCUT2D eigenvalue weighted by atomic mass is 16.6. The van der Waals surface area contributed by atoms with Crippen molar-refractivity contribution in [3.8, 4) is 0 Å². The van der Waals surface area contributed by atoms with E-state index in [2.05, 4.69) is 5.32 Å². The number of non-ortho nitro benzene ring substituents is 1. The number of hydrogen-bond acceptors (Lipinski definition) is 5. The highest BCUT2D eigenvalue weighted by Gasteiger charge is 2.38. The molecular weight excluding hydrogens is 284 g/mol. The van der Waals surface area contributed by atoms with Gasteiger partial charge in [0, 0.05) is 18.2 Å². The molecule has 1 aromatic carbocycles. The number of fused-ring (bicyclic) bond motifs is 1. The molecule has 1 aromatic rings. The number of carbonyl (C=O) groups excluding carboxylic acids is 1. The summed E-state index contributed by atoms with van der Waals surface area (Å²) in [6, 6.07) is 6.34. The van der Waals surface area contributed by atoms with Crippen molar-refractivity contribution < 1.29 is 14.5 Å². The molecule has 0 spiro atoms. The topological polar surface area (TPSA) is 81.5 Å². The number of esters is 1. The van der Waals surface area contributed by atoms with Gasteiger partial charge in [-0.15, -0.1) is 0 Å². The van der Waals surface area contributed by atoms with Crippen LogP contribution in [0.5, 0.6) is 0 Å². The van der Waals surface area contributed by atoms with Crippen LogP contribution in [-0.2, 0) is 16.1 Å². The molecule has 3 atom stereocenters. The van der Waals surface area contributed by atoms with E-state index in [0.717, 1.165) is 18.4 Å². The van der Waals surface area contributed by atoms with Crippen molar-refractivity contribution in [2.75, 3.05) is 0 Å². The summed E-state index contributed by atoms with van der Waals surface area (Å²) >= 11 is 0. The third-order valence-corrected chi connectivity index (χ3v) is 4.68. The average molecular weight is 304 g/mol. The van der Waals surface area contributed by atoms with Crippen LogP contribution in [-0.4, -0.2) is 23.0 Å². The molecule has 2 aliphatic rings. The first-order valence-electron chi connectivity index (χ1n) is 7.79. The van der Waals surface area contributed by atoms with Gasteiger partial charge < -0.3 is 10.1 Å². The molecule has 6 heteroatoms. The van der Waals surface area contributed by atoms with Crippen LogP contribution in [0.2, 0.25) is 0 Å². The molecular formula is C16H20N2O4. The van der Waals surface area contributed by atoms with E-state index in [-0.39, 0.29) is 24.3 Å². The average Bonchev–Trinajstić information content (AvgIpc) is 2.97. The van der Waals surface area contributed by atoms with Crippen LogP contribution in [0.15, 0.2) is 24.3 Å². The Balaban J connectivity index is 1.51. The number of nitro groups is 1. The zero-order chi connectivity index (χ0) is 15.5. The minimum Gasteiger partial charge on any atom is -0.460 e. The maximum absolute atomic E-state index is 12.1. The summed E-state index contributed by atoms with van der Waals surface area (Å²) in [6.45, 7) is 0.157. The molecule has 1 N–H and O–H groups in total. The van der Waals surface area contributed by atoms with Crippen molar-refractivity contribution in [2.24, 2.45) is 5.92 Å². The molecule has 1 saturated heterocycles. The van der Waals surface area contributed by atoms with E-state index in [1.54, 1.807) is 12.1 Å². The third-order valence-electron chi connectivity index (χ3n) is 4.68. The minimum absolute atomic E-state index is 0.0385. The van der Waals surface area contributed by atoms with Crippen LogP contribution in [0, 0.1) is 16.0 Å². The Morgan fingerprint density at radius 3 is 2.68 bits per heavy atom. The highest BCUT2D eigenvalue weighted by molar-refractivity contribution is 5.76. The molecule has 0 radical (unpaired) electrons. The zero-order valence-electron chi connectivity index (χ0n) is 12.4. The summed E-state index contributed by atoms with van der Waals surface area (Å²) in [7, 11) is 0. The second kappa shape index (κ2) is 6.44. The first kappa shape index (κ1) is 15.0. The van der Waals surface area contributed by atoms with Gasteiger partial charge in [-0.25, -0.2) is 0 Å². The monoisotopic (exact) mass is 304 g/mol. The van der Waals surface area contributed by atoms with Crippen LogP contribution in [0.1, 0.15) is 37.7 Å². The van der Waals surface area contributed by atoms with Crippen molar-refractivity contribution in [1.82, 2.24) is 5.32 Å². The second-order valence-electron chi connectivity index (χ2n) is 6.14. The van der Waals surface area contributed by atoms with Gasteiger partial charge in [-0.05, 0) is 42.9 Å². The predicted octanol–water partition coefficient (Wildman–Crippen LogP) is 2.56. The maximum Gasteiger partial charge on any atom is 0.323 e. The quantitative estimate of drug-likeness (QED) is 0.525. The molecule has 0 bridgehead atoms. The molecule has 1 aliphatic carbocycles. The van der Waals surface area contributed by atoms with E-state index in [9.17, 15) is 14.9 Å². The summed E-state index contributed by atoms with van der Waals surface area (Å²) in [6.07, 6.45) is 5.70. The molecule has 0 unspecified atom stereocenters. The number of nitrogens with one attached hydrogen (secondary N) is 1. The number of rotatable bonds is 4. The van der Waals surface area contributed by atoms with Gasteiger partial charge in [0.25, 0.3) is 5.69 Å². The highest BCUT2D eigenvalue weighted by Crippen LogP contribution is 2.33. The standard InChI is InChI=1S/C16H20N2O4/c19-16(15-9-12-3-1-2-4-14(12)17-15)22-10-11-5-7-13(8-6-11)18(20)21/h5-8,12,14-15,17H,1-4,9-10H2/t12-,14-,15-/m0/s1. The van der Waals surface area contributed by atoms with Crippen molar-refractivity contribution in [2.45, 2.75) is 50.8 Å². The summed E-state index contributed by atoms with van der Waals surface area (Å²) in [5.74, 6) is 0.387. The van der Waals surface area contributed by atoms with Crippen molar-refractivity contribution in [3.63, 3.8) is 0 Å². The van der Waals surface area contributed by atoms with Crippen LogP contribution in [0.3, 0.4) is 0 Å². The van der Waals surface area contributed by atoms with Gasteiger partial charge >= 0.3 is 5.97 Å². The molecule has 1 saturated carbocycles. The largest absolute Gasteiger partial charge is 0.460 e. The molecule has 1 aliphatic heterocycles. The fourth-order valence-electron chi connectivity index (χ4n) is 3.47. The molecule has 2 fully saturated rings. The van der Waals surface area contributed by atoms with Crippen molar-refractivity contribution >= 4 is 11.7 Å². The molecule has 0 amide bonds. The number of nitrogens with zero attached hydrogens (tertiary/aromatic N) is 1. The number of hydrogen-bond donors (Lipinski definition) is 1. The zero-order valence-corrected chi connectivity index (χ0v) is 12.4. The molecule has 1 heterocycles. The van der Waals surface area contributed by atoms with E-state index in [0.29, 0.717) is 12.0 Å². The van der Waals surface area contributed by atoms with Crippen LogP contribution in [0.4, 0.5) is 5.69 Å². The lowest BCUT2D eigenvalue weighted by molar-refractivity contribution is -0.384. The lowest BCUT2D eigenvalue weighted by Gasteiger charge is -2.24. The number of benzene rings is 1. The Hall–Kier alpha value is -1.95. The van der Waals surface area contributed by atoms with Crippen molar-refractivity contribution in [1.29, 1.82) is 0 Å². The van der Waals surface area contributed by atoms with Crippen LogP contribution >= 0.6 is 0 Å². The molecule has 0 aromatic heterocycles. The fourth-order valence-corrected chi connectivity index (χ4v) is 3.47. The van der Waals surface area contributed by atoms with Crippen LogP contribution < -0.4 is 5.32 Å². The molecule has 3 rings (SSSR count). The van der Waals surface area contributed by atoms with Gasteiger partial charge in [-0.2, -0.15) is 0 Å². The third kappa shape index (κ3) is 3.27. The van der Waals surface area contributed by atoms with Crippen LogP contribution in [0.25, 0.3) is 0 Å². The number of nitro benzene ring substituents is 1. The second-order valence-corrected chi connectivity index (χ2v) is 6.14. The van der Waals surface area contributed by atoms with E-state index >= 15 is 0 Å². The summed E-state index contributed by atoms with van der Waals surface area (Å²) in [5, 5.41) is 14.0.